The maximum absolute atomic E-state index is 12.3. The molecule has 3 nitrogen and oxygen atoms in total. The molecule has 1 aromatic carbocycles. The second-order valence-electron chi connectivity index (χ2n) is 8.56. The van der Waals surface area contributed by atoms with Crippen LogP contribution in [0.25, 0.3) is 0 Å². The number of para-hydroxylation sites is 1. The van der Waals surface area contributed by atoms with E-state index in [1.54, 1.807) is 0 Å². The zero-order valence-corrected chi connectivity index (χ0v) is 15.5. The van der Waals surface area contributed by atoms with Gasteiger partial charge in [-0.2, -0.15) is 0 Å². The van der Waals surface area contributed by atoms with Gasteiger partial charge in [-0.3, -0.25) is 4.79 Å². The Hall–Kier alpha value is -1.87. The van der Waals surface area contributed by atoms with Gasteiger partial charge in [-0.05, 0) is 18.6 Å². The van der Waals surface area contributed by atoms with Gasteiger partial charge in [-0.25, -0.2) is 0 Å². The highest BCUT2D eigenvalue weighted by atomic mass is 16.1. The van der Waals surface area contributed by atoms with Crippen LogP contribution in [0.15, 0.2) is 47.2 Å². The van der Waals surface area contributed by atoms with Crippen LogP contribution >= 0.6 is 0 Å². The predicted molar refractivity (Wildman–Crippen MR) is 100 cm³/mol. The standard InChI is InChI=1S/C22H27N2O/c1-4-15-9-11-24(3)12-10-22-18-7-5-6-8-19(18)23(2)21(22)17(14-25)16(15)13-20(22)24/h4-8,14,16,20H,9-13H2,1-3H3/q+1/b15-4+/t16-,20+,22-,24-/m0/s1. The van der Waals surface area contributed by atoms with Crippen molar-refractivity contribution in [1.82, 2.24) is 0 Å². The van der Waals surface area contributed by atoms with Gasteiger partial charge in [0.15, 0.2) is 0 Å². The molecule has 130 valence electrons. The van der Waals surface area contributed by atoms with Crippen molar-refractivity contribution in [1.29, 1.82) is 0 Å². The van der Waals surface area contributed by atoms with E-state index in [0.29, 0.717) is 12.0 Å². The van der Waals surface area contributed by atoms with Crippen molar-refractivity contribution in [2.24, 2.45) is 5.92 Å². The first-order valence-electron chi connectivity index (χ1n) is 9.59. The van der Waals surface area contributed by atoms with Gasteiger partial charge in [0.2, 0.25) is 0 Å². The number of hydrogen-bond donors (Lipinski definition) is 0. The molecule has 0 unspecified atom stereocenters. The summed E-state index contributed by atoms with van der Waals surface area (Å²) >= 11 is 0. The van der Waals surface area contributed by atoms with Gasteiger partial charge in [0.05, 0.1) is 25.6 Å². The van der Waals surface area contributed by atoms with E-state index in [1.807, 2.05) is 0 Å². The van der Waals surface area contributed by atoms with Crippen LogP contribution in [0.1, 0.15) is 31.7 Å². The quantitative estimate of drug-likeness (QED) is 0.445. The average molecular weight is 335 g/mol. The molecule has 1 aromatic rings. The molecule has 5 rings (SSSR count). The highest BCUT2D eigenvalue weighted by Gasteiger charge is 2.66. The second kappa shape index (κ2) is 4.85. The monoisotopic (exact) mass is 335 g/mol. The Balaban J connectivity index is 1.87. The molecular weight excluding hydrogens is 308 g/mol. The summed E-state index contributed by atoms with van der Waals surface area (Å²) in [5.74, 6) is 0.311. The SMILES string of the molecule is C/C=C1\CC[N@@+]2(C)CC[C@@]34C(=C(C=O)[C@H]1C[C@H]32)N(C)c1ccccc14. The number of quaternary nitrogens is 1. The number of benzene rings is 1. The first-order chi connectivity index (χ1) is 12.1. The minimum Gasteiger partial charge on any atom is -0.346 e. The van der Waals surface area contributed by atoms with Gasteiger partial charge in [-0.1, -0.05) is 29.8 Å². The zero-order valence-electron chi connectivity index (χ0n) is 15.5. The molecule has 0 N–H and O–H groups in total. The van der Waals surface area contributed by atoms with Crippen molar-refractivity contribution in [2.75, 3.05) is 32.1 Å². The van der Waals surface area contributed by atoms with E-state index in [4.69, 9.17) is 0 Å². The number of nitrogens with zero attached hydrogens (tertiary/aromatic N) is 2. The third kappa shape index (κ3) is 1.63. The summed E-state index contributed by atoms with van der Waals surface area (Å²) in [7, 11) is 4.63. The molecule has 3 aliphatic heterocycles. The molecule has 2 fully saturated rings. The minimum absolute atomic E-state index is 0.0377. The van der Waals surface area contributed by atoms with Crippen molar-refractivity contribution in [3.63, 3.8) is 0 Å². The Morgan fingerprint density at radius 2 is 2.08 bits per heavy atom. The van der Waals surface area contributed by atoms with Gasteiger partial charge >= 0.3 is 0 Å². The van der Waals surface area contributed by atoms with Crippen LogP contribution in [0.3, 0.4) is 0 Å². The van der Waals surface area contributed by atoms with Crippen molar-refractivity contribution >= 4 is 12.0 Å². The fourth-order valence-corrected chi connectivity index (χ4v) is 6.65. The number of hydrogen-bond acceptors (Lipinski definition) is 2. The lowest BCUT2D eigenvalue weighted by Gasteiger charge is -2.45. The summed E-state index contributed by atoms with van der Waals surface area (Å²) in [6, 6.07) is 9.43. The third-order valence-corrected chi connectivity index (χ3v) is 7.81. The molecule has 3 heteroatoms. The molecule has 2 bridgehead atoms. The first kappa shape index (κ1) is 15.4. The van der Waals surface area contributed by atoms with Gasteiger partial charge < -0.3 is 9.38 Å². The summed E-state index contributed by atoms with van der Waals surface area (Å²) in [4.78, 5) is 14.6. The van der Waals surface area contributed by atoms with Crippen LogP contribution < -0.4 is 4.90 Å². The van der Waals surface area contributed by atoms with E-state index in [-0.39, 0.29) is 5.41 Å². The fourth-order valence-electron chi connectivity index (χ4n) is 6.65. The molecule has 0 amide bonds. The zero-order chi connectivity index (χ0) is 17.4. The van der Waals surface area contributed by atoms with Gasteiger partial charge in [0.25, 0.3) is 0 Å². The van der Waals surface area contributed by atoms with Crippen molar-refractivity contribution < 1.29 is 9.28 Å². The lowest BCUT2D eigenvalue weighted by atomic mass is 9.63. The largest absolute Gasteiger partial charge is 0.346 e. The molecule has 4 atom stereocenters. The predicted octanol–water partition coefficient (Wildman–Crippen LogP) is 3.42. The fraction of sp³-hybridized carbons (Fsp3) is 0.500. The molecule has 1 spiro atoms. The van der Waals surface area contributed by atoms with Crippen LogP contribution in [-0.4, -0.2) is 44.0 Å². The maximum Gasteiger partial charge on any atom is 0.148 e. The summed E-state index contributed by atoms with van der Waals surface area (Å²) in [6.07, 6.45) is 6.87. The molecule has 0 aromatic heterocycles. The summed E-state index contributed by atoms with van der Waals surface area (Å²) in [6.45, 7) is 4.56. The van der Waals surface area contributed by atoms with Crippen LogP contribution in [0.5, 0.6) is 0 Å². The summed E-state index contributed by atoms with van der Waals surface area (Å²) in [5, 5.41) is 0. The van der Waals surface area contributed by atoms with E-state index in [0.717, 1.165) is 22.9 Å². The normalized spacial score (nSPS) is 40.1. The Labute approximate surface area is 150 Å². The van der Waals surface area contributed by atoms with Crippen molar-refractivity contribution in [2.45, 2.75) is 37.6 Å². The number of carbonyl (C=O) groups is 1. The van der Waals surface area contributed by atoms with E-state index < -0.39 is 0 Å². The van der Waals surface area contributed by atoms with Crippen LogP contribution in [0, 0.1) is 5.92 Å². The number of allylic oxidation sites excluding steroid dienone is 2. The number of anilines is 1. The highest BCUT2D eigenvalue weighted by molar-refractivity contribution is 5.85. The molecule has 0 saturated carbocycles. The summed E-state index contributed by atoms with van der Waals surface area (Å²) in [5.41, 5.74) is 6.64. The molecule has 3 heterocycles. The van der Waals surface area contributed by atoms with Gasteiger partial charge in [0, 0.05) is 49.2 Å². The minimum atomic E-state index is 0.0377. The molecule has 0 radical (unpaired) electrons. The van der Waals surface area contributed by atoms with E-state index in [9.17, 15) is 4.79 Å². The maximum atomic E-state index is 12.3. The Kier molecular flexibility index (Phi) is 2.99. The lowest BCUT2D eigenvalue weighted by Crippen LogP contribution is -2.56. The third-order valence-electron chi connectivity index (χ3n) is 7.81. The first-order valence-corrected chi connectivity index (χ1v) is 9.59. The number of rotatable bonds is 1. The Bertz CT molecular complexity index is 838. The molecule has 4 aliphatic rings. The van der Waals surface area contributed by atoms with Gasteiger partial charge in [-0.15, -0.1) is 0 Å². The van der Waals surface area contributed by atoms with E-state index in [2.05, 4.69) is 56.3 Å². The average Bonchev–Trinajstić information content (AvgIpc) is 3.02. The smallest absolute Gasteiger partial charge is 0.148 e. The van der Waals surface area contributed by atoms with Crippen molar-refractivity contribution in [3.8, 4) is 0 Å². The number of fused-ring (bicyclic) bond motifs is 2. The second-order valence-corrected chi connectivity index (χ2v) is 8.56. The molecule has 2 saturated heterocycles. The molecule has 25 heavy (non-hydrogen) atoms. The Morgan fingerprint density at radius 1 is 1.28 bits per heavy atom. The highest BCUT2D eigenvalue weighted by Crippen LogP contribution is 2.63. The van der Waals surface area contributed by atoms with Crippen LogP contribution in [0.2, 0.25) is 0 Å². The van der Waals surface area contributed by atoms with E-state index in [1.165, 1.54) is 48.3 Å². The van der Waals surface area contributed by atoms with E-state index >= 15 is 0 Å². The van der Waals surface area contributed by atoms with Gasteiger partial charge in [0.1, 0.15) is 12.3 Å². The number of carbonyl (C=O) groups excluding carboxylic acids is 1. The topological polar surface area (TPSA) is 20.3 Å². The Morgan fingerprint density at radius 3 is 2.84 bits per heavy atom. The summed E-state index contributed by atoms with van der Waals surface area (Å²) < 4.78 is 1.16. The van der Waals surface area contributed by atoms with Crippen LogP contribution in [0.4, 0.5) is 5.69 Å². The molecular formula is C22H27N2O+. The molecule has 1 aliphatic carbocycles. The lowest BCUT2D eigenvalue weighted by molar-refractivity contribution is -0.922. The number of aldehydes is 1. The van der Waals surface area contributed by atoms with Crippen molar-refractivity contribution in [3.05, 3.63) is 52.7 Å². The van der Waals surface area contributed by atoms with Crippen LogP contribution in [-0.2, 0) is 10.2 Å². The number of likely N-dealkylation sites (N-methyl/N-ethyl adjacent to an activating group) is 2.